The smallest absolute Gasteiger partial charge is 0.136 e. The maximum atomic E-state index is 13.6. The van der Waals surface area contributed by atoms with Crippen LogP contribution < -0.4 is 5.32 Å². The highest BCUT2D eigenvalue weighted by Gasteiger charge is 2.22. The first-order valence-electron chi connectivity index (χ1n) is 6.76. The highest BCUT2D eigenvalue weighted by atomic mass is 35.5. The highest BCUT2D eigenvalue weighted by Crippen LogP contribution is 2.33. The van der Waals surface area contributed by atoms with E-state index in [0.717, 1.165) is 11.4 Å². The monoisotopic (exact) mass is 307 g/mol. The van der Waals surface area contributed by atoms with E-state index < -0.39 is 0 Å². The van der Waals surface area contributed by atoms with Crippen LogP contribution >= 0.6 is 11.6 Å². The molecule has 1 N–H and O–H groups in total. The van der Waals surface area contributed by atoms with Gasteiger partial charge in [0.15, 0.2) is 0 Å². The van der Waals surface area contributed by atoms with E-state index in [-0.39, 0.29) is 11.2 Å². The largest absolute Gasteiger partial charge is 0.373 e. The van der Waals surface area contributed by atoms with E-state index in [9.17, 15) is 4.39 Å². The number of nitrogens with zero attached hydrogens (tertiary/aromatic N) is 2. The van der Waals surface area contributed by atoms with E-state index >= 15 is 0 Å². The van der Waals surface area contributed by atoms with Crippen molar-refractivity contribution in [2.45, 2.75) is 33.1 Å². The van der Waals surface area contributed by atoms with Gasteiger partial charge in [-0.25, -0.2) is 14.4 Å². The maximum absolute atomic E-state index is 13.6. The van der Waals surface area contributed by atoms with Gasteiger partial charge in [0.25, 0.3) is 0 Å². The fraction of sp³-hybridized carbons (Fsp3) is 0.375. The third kappa shape index (κ3) is 3.16. The standard InChI is InChI=1S/C16H19ClFN3/c1-9-13(11-8-10(18)6-7-12(11)17)20-15(16(2,3)4)21-14(9)19-5/h6-8H,1-5H3,(H,19,20,21). The molecule has 0 aliphatic carbocycles. The molecule has 2 aromatic rings. The number of anilines is 1. The molecule has 0 amide bonds. The summed E-state index contributed by atoms with van der Waals surface area (Å²) in [5.41, 5.74) is 1.87. The Morgan fingerprint density at radius 2 is 1.86 bits per heavy atom. The molecule has 1 heterocycles. The fourth-order valence-corrected chi connectivity index (χ4v) is 2.24. The summed E-state index contributed by atoms with van der Waals surface area (Å²) in [5, 5.41) is 3.54. The molecule has 21 heavy (non-hydrogen) atoms. The van der Waals surface area contributed by atoms with Crippen LogP contribution in [-0.4, -0.2) is 17.0 Å². The second-order valence-corrected chi connectivity index (χ2v) is 6.40. The summed E-state index contributed by atoms with van der Waals surface area (Å²) in [5.74, 6) is 1.08. The van der Waals surface area contributed by atoms with Gasteiger partial charge in [-0.05, 0) is 25.1 Å². The molecule has 0 atom stereocenters. The third-order valence-corrected chi connectivity index (χ3v) is 3.57. The number of nitrogens with one attached hydrogen (secondary N) is 1. The van der Waals surface area contributed by atoms with Gasteiger partial charge < -0.3 is 5.32 Å². The van der Waals surface area contributed by atoms with E-state index in [4.69, 9.17) is 11.6 Å². The van der Waals surface area contributed by atoms with Crippen molar-refractivity contribution in [2.24, 2.45) is 0 Å². The van der Waals surface area contributed by atoms with Crippen LogP contribution in [0.2, 0.25) is 5.02 Å². The number of halogens is 2. The van der Waals surface area contributed by atoms with Crippen LogP contribution in [0.4, 0.5) is 10.2 Å². The molecule has 0 radical (unpaired) electrons. The minimum atomic E-state index is -0.337. The van der Waals surface area contributed by atoms with Crippen LogP contribution in [-0.2, 0) is 5.41 Å². The Labute approximate surface area is 129 Å². The molecular weight excluding hydrogens is 289 g/mol. The Kier molecular flexibility index (Phi) is 4.19. The second-order valence-electron chi connectivity index (χ2n) is 5.99. The number of aromatic nitrogens is 2. The number of benzene rings is 1. The van der Waals surface area contributed by atoms with E-state index in [1.807, 2.05) is 27.7 Å². The lowest BCUT2D eigenvalue weighted by Crippen LogP contribution is -2.18. The Hall–Kier alpha value is -1.68. The van der Waals surface area contributed by atoms with Crippen molar-refractivity contribution in [3.8, 4) is 11.3 Å². The van der Waals surface area contributed by atoms with Gasteiger partial charge in [0, 0.05) is 23.6 Å². The minimum absolute atomic E-state index is 0.214. The zero-order chi connectivity index (χ0) is 15.8. The summed E-state index contributed by atoms with van der Waals surface area (Å²) in [4.78, 5) is 9.16. The molecule has 1 aromatic carbocycles. The summed E-state index contributed by atoms with van der Waals surface area (Å²) in [6, 6.07) is 4.29. The summed E-state index contributed by atoms with van der Waals surface area (Å²) in [7, 11) is 1.80. The van der Waals surface area contributed by atoms with Crippen LogP contribution in [0, 0.1) is 12.7 Å². The van der Waals surface area contributed by atoms with Crippen LogP contribution in [0.3, 0.4) is 0 Å². The van der Waals surface area contributed by atoms with Crippen molar-refractivity contribution in [3.05, 3.63) is 40.4 Å². The lowest BCUT2D eigenvalue weighted by molar-refractivity contribution is 0.546. The highest BCUT2D eigenvalue weighted by molar-refractivity contribution is 6.33. The van der Waals surface area contributed by atoms with Gasteiger partial charge in [0.05, 0.1) is 10.7 Å². The van der Waals surface area contributed by atoms with Crippen molar-refractivity contribution in [1.29, 1.82) is 0 Å². The van der Waals surface area contributed by atoms with Gasteiger partial charge in [-0.1, -0.05) is 32.4 Å². The van der Waals surface area contributed by atoms with Crippen LogP contribution in [0.5, 0.6) is 0 Å². The van der Waals surface area contributed by atoms with Gasteiger partial charge in [-0.15, -0.1) is 0 Å². The predicted octanol–water partition coefficient (Wildman–Crippen LogP) is 4.58. The van der Waals surface area contributed by atoms with Gasteiger partial charge >= 0.3 is 0 Å². The number of hydrogen-bond acceptors (Lipinski definition) is 3. The van der Waals surface area contributed by atoms with E-state index in [1.165, 1.54) is 12.1 Å². The van der Waals surface area contributed by atoms with E-state index in [0.29, 0.717) is 22.1 Å². The van der Waals surface area contributed by atoms with Gasteiger partial charge in [-0.2, -0.15) is 0 Å². The van der Waals surface area contributed by atoms with Gasteiger partial charge in [-0.3, -0.25) is 0 Å². The third-order valence-electron chi connectivity index (χ3n) is 3.24. The molecule has 0 spiro atoms. The number of rotatable bonds is 2. The topological polar surface area (TPSA) is 37.8 Å². The van der Waals surface area contributed by atoms with Crippen molar-refractivity contribution < 1.29 is 4.39 Å². The molecule has 5 heteroatoms. The molecule has 0 aliphatic rings. The van der Waals surface area contributed by atoms with Crippen molar-refractivity contribution in [2.75, 3.05) is 12.4 Å². The molecular formula is C16H19ClFN3. The maximum Gasteiger partial charge on any atom is 0.136 e. The predicted molar refractivity (Wildman–Crippen MR) is 85.4 cm³/mol. The Morgan fingerprint density at radius 1 is 1.19 bits per heavy atom. The van der Waals surface area contributed by atoms with E-state index in [1.54, 1.807) is 13.1 Å². The normalized spacial score (nSPS) is 11.6. The van der Waals surface area contributed by atoms with Gasteiger partial charge in [0.2, 0.25) is 0 Å². The first-order chi connectivity index (χ1) is 9.74. The molecule has 0 unspecified atom stereocenters. The molecule has 1 aromatic heterocycles. The SMILES string of the molecule is CNc1nc(C(C)(C)C)nc(-c2cc(F)ccc2Cl)c1C. The summed E-state index contributed by atoms with van der Waals surface area (Å²) < 4.78 is 13.6. The molecule has 112 valence electrons. The number of hydrogen-bond donors (Lipinski definition) is 1. The zero-order valence-electron chi connectivity index (χ0n) is 12.9. The molecule has 0 aliphatic heterocycles. The lowest BCUT2D eigenvalue weighted by atomic mass is 9.94. The van der Waals surface area contributed by atoms with Crippen molar-refractivity contribution in [3.63, 3.8) is 0 Å². The van der Waals surface area contributed by atoms with Crippen LogP contribution in [0.1, 0.15) is 32.2 Å². The van der Waals surface area contributed by atoms with Crippen molar-refractivity contribution >= 4 is 17.4 Å². The molecule has 0 saturated heterocycles. The van der Waals surface area contributed by atoms with Crippen molar-refractivity contribution in [1.82, 2.24) is 9.97 Å². The molecule has 0 saturated carbocycles. The average molecular weight is 308 g/mol. The zero-order valence-corrected chi connectivity index (χ0v) is 13.6. The van der Waals surface area contributed by atoms with Crippen LogP contribution in [0.25, 0.3) is 11.3 Å². The first-order valence-corrected chi connectivity index (χ1v) is 7.14. The molecule has 0 fully saturated rings. The first kappa shape index (κ1) is 15.7. The Bertz CT molecular complexity index is 678. The summed E-state index contributed by atoms with van der Waals surface area (Å²) in [6.45, 7) is 8.01. The Balaban J connectivity index is 2.75. The quantitative estimate of drug-likeness (QED) is 0.882. The fourth-order valence-electron chi connectivity index (χ4n) is 2.04. The van der Waals surface area contributed by atoms with Crippen LogP contribution in [0.15, 0.2) is 18.2 Å². The van der Waals surface area contributed by atoms with Gasteiger partial charge in [0.1, 0.15) is 17.5 Å². The second kappa shape index (κ2) is 5.60. The molecule has 3 nitrogen and oxygen atoms in total. The summed E-state index contributed by atoms with van der Waals surface area (Å²) in [6.07, 6.45) is 0. The average Bonchev–Trinajstić information content (AvgIpc) is 2.40. The lowest BCUT2D eigenvalue weighted by Gasteiger charge is -2.20. The molecule has 0 bridgehead atoms. The molecule has 2 rings (SSSR count). The summed E-state index contributed by atoms with van der Waals surface area (Å²) >= 11 is 6.22. The minimum Gasteiger partial charge on any atom is -0.373 e. The Morgan fingerprint density at radius 3 is 2.43 bits per heavy atom. The van der Waals surface area contributed by atoms with E-state index in [2.05, 4.69) is 15.3 Å².